The van der Waals surface area contributed by atoms with Gasteiger partial charge in [-0.15, -0.1) is 0 Å². The summed E-state index contributed by atoms with van der Waals surface area (Å²) < 4.78 is 0. The molecule has 0 unspecified atom stereocenters. The second-order valence-corrected chi connectivity index (χ2v) is 1.93. The lowest BCUT2D eigenvalue weighted by molar-refractivity contribution is 0.461. The Morgan fingerprint density at radius 2 is 2.40 bits per heavy atom. The summed E-state index contributed by atoms with van der Waals surface area (Å²) in [5.41, 5.74) is 0.116. The fraction of sp³-hybridized carbons (Fsp3) is 0.143. The lowest BCUT2D eigenvalue weighted by Gasteiger charge is -1.96. The van der Waals surface area contributed by atoms with Crippen LogP contribution >= 0.6 is 0 Å². The number of H-pyrrole nitrogens is 1. The van der Waals surface area contributed by atoms with Crippen molar-refractivity contribution in [2.24, 2.45) is 0 Å². The van der Waals surface area contributed by atoms with Gasteiger partial charge in [0.15, 0.2) is 5.75 Å². The van der Waals surface area contributed by atoms with Crippen LogP contribution in [0.4, 0.5) is 0 Å². The Morgan fingerprint density at radius 1 is 1.70 bits per heavy atom. The van der Waals surface area contributed by atoms with Crippen LogP contribution in [0.1, 0.15) is 5.56 Å². The number of rotatable bonds is 1. The van der Waals surface area contributed by atoms with E-state index in [1.54, 1.807) is 6.07 Å². The minimum Gasteiger partial charge on any atom is -0.503 e. The average molecular weight is 138 g/mol. The van der Waals surface area contributed by atoms with Gasteiger partial charge >= 0.3 is 0 Å². The van der Waals surface area contributed by atoms with Crippen molar-refractivity contribution >= 4 is 0 Å². The third-order valence-corrected chi connectivity index (χ3v) is 1.29. The monoisotopic (exact) mass is 138 g/mol. The van der Waals surface area contributed by atoms with Crippen molar-refractivity contribution in [3.05, 3.63) is 35.1 Å². The van der Waals surface area contributed by atoms with E-state index in [1.807, 2.05) is 0 Å². The Hall–Kier alpha value is -1.25. The second kappa shape index (κ2) is 2.56. The zero-order valence-corrected chi connectivity index (χ0v) is 5.42. The Bertz CT molecular complexity index is 277. The molecule has 1 rings (SSSR count). The number of aromatic nitrogens is 1. The Kier molecular flexibility index (Phi) is 1.76. The van der Waals surface area contributed by atoms with Crippen LogP contribution in [0, 0.1) is 6.92 Å². The highest BCUT2D eigenvalue weighted by Crippen LogP contribution is 2.08. The van der Waals surface area contributed by atoms with Crippen molar-refractivity contribution in [3.63, 3.8) is 0 Å². The minimum absolute atomic E-state index is 0.225. The minimum atomic E-state index is -0.457. The van der Waals surface area contributed by atoms with Crippen molar-refractivity contribution < 1.29 is 5.11 Å². The summed E-state index contributed by atoms with van der Waals surface area (Å²) in [4.78, 5) is 13.0. The van der Waals surface area contributed by atoms with Gasteiger partial charge in [0.05, 0.1) is 0 Å². The first-order valence-electron chi connectivity index (χ1n) is 2.94. The van der Waals surface area contributed by atoms with E-state index in [0.717, 1.165) is 0 Å². The molecule has 0 bridgehead atoms. The summed E-state index contributed by atoms with van der Waals surface area (Å²) in [6.45, 7) is 3.55. The van der Waals surface area contributed by atoms with Crippen LogP contribution in [0.3, 0.4) is 0 Å². The third kappa shape index (κ3) is 1.03. The van der Waals surface area contributed by atoms with Gasteiger partial charge in [0.25, 0.3) is 5.56 Å². The normalized spacial score (nSPS) is 9.70. The summed E-state index contributed by atoms with van der Waals surface area (Å²) in [6, 6.07) is 1.63. The quantitative estimate of drug-likeness (QED) is 0.592. The maximum Gasteiger partial charge on any atom is 0.290 e. The van der Waals surface area contributed by atoms with E-state index in [4.69, 9.17) is 5.11 Å². The molecule has 3 heteroatoms. The molecule has 2 N–H and O–H groups in total. The van der Waals surface area contributed by atoms with E-state index >= 15 is 0 Å². The molecule has 0 amide bonds. The van der Waals surface area contributed by atoms with Crippen LogP contribution in [-0.2, 0) is 6.42 Å². The van der Waals surface area contributed by atoms with E-state index in [1.165, 1.54) is 6.20 Å². The van der Waals surface area contributed by atoms with Crippen LogP contribution in [0.2, 0.25) is 0 Å². The molecule has 0 atom stereocenters. The summed E-state index contributed by atoms with van der Waals surface area (Å²) >= 11 is 0. The zero-order valence-electron chi connectivity index (χ0n) is 5.42. The fourth-order valence-electron chi connectivity index (χ4n) is 0.713. The fourth-order valence-corrected chi connectivity index (χ4v) is 0.713. The number of pyridine rings is 1. The lowest BCUT2D eigenvalue weighted by atomic mass is 10.2. The first-order chi connectivity index (χ1) is 4.75. The standard InChI is InChI=1S/C7H8NO2/c1-2-5-3-4-8-7(10)6(5)9/h3-4,9H,1-2H2,(H,8,10). The molecule has 53 valence electrons. The van der Waals surface area contributed by atoms with Gasteiger partial charge < -0.3 is 10.1 Å². The molecule has 0 aliphatic carbocycles. The Morgan fingerprint density at radius 3 is 2.90 bits per heavy atom. The molecule has 10 heavy (non-hydrogen) atoms. The summed E-state index contributed by atoms with van der Waals surface area (Å²) in [5.74, 6) is -0.225. The summed E-state index contributed by atoms with van der Waals surface area (Å²) in [5, 5.41) is 9.01. The first kappa shape index (κ1) is 6.86. The van der Waals surface area contributed by atoms with Gasteiger partial charge in [-0.1, -0.05) is 0 Å². The molecule has 0 aliphatic rings. The number of nitrogens with one attached hydrogen (secondary N) is 1. The Balaban J connectivity index is 3.28. The van der Waals surface area contributed by atoms with Crippen LogP contribution in [0.25, 0.3) is 0 Å². The molecule has 1 radical (unpaired) electrons. The van der Waals surface area contributed by atoms with Gasteiger partial charge in [-0.05, 0) is 19.4 Å². The molecule has 1 heterocycles. The maximum absolute atomic E-state index is 10.7. The van der Waals surface area contributed by atoms with Crippen molar-refractivity contribution in [1.29, 1.82) is 0 Å². The van der Waals surface area contributed by atoms with Crippen molar-refractivity contribution in [1.82, 2.24) is 4.98 Å². The molecule has 0 saturated carbocycles. The molecule has 0 saturated heterocycles. The lowest BCUT2D eigenvalue weighted by Crippen LogP contribution is -2.05. The largest absolute Gasteiger partial charge is 0.503 e. The predicted molar refractivity (Wildman–Crippen MR) is 37.8 cm³/mol. The van der Waals surface area contributed by atoms with E-state index in [2.05, 4.69) is 11.9 Å². The molecule has 1 aromatic heterocycles. The number of aromatic hydroxyl groups is 1. The van der Waals surface area contributed by atoms with E-state index in [-0.39, 0.29) is 5.75 Å². The Labute approximate surface area is 58.3 Å². The molecule has 0 fully saturated rings. The van der Waals surface area contributed by atoms with Gasteiger partial charge in [-0.2, -0.15) is 0 Å². The molecular formula is C7H8NO2. The van der Waals surface area contributed by atoms with Gasteiger partial charge in [0, 0.05) is 11.8 Å². The SMILES string of the molecule is [CH2]Cc1cc[nH]c(=O)c1O. The van der Waals surface area contributed by atoms with Crippen molar-refractivity contribution in [3.8, 4) is 5.75 Å². The van der Waals surface area contributed by atoms with E-state index in [9.17, 15) is 4.79 Å². The highest BCUT2D eigenvalue weighted by Gasteiger charge is 2.00. The molecule has 0 aromatic carbocycles. The second-order valence-electron chi connectivity index (χ2n) is 1.93. The van der Waals surface area contributed by atoms with Crippen molar-refractivity contribution in [2.45, 2.75) is 6.42 Å². The molecule has 1 aromatic rings. The number of hydrogen-bond acceptors (Lipinski definition) is 2. The van der Waals surface area contributed by atoms with E-state index in [0.29, 0.717) is 12.0 Å². The van der Waals surface area contributed by atoms with Gasteiger partial charge in [-0.25, -0.2) is 0 Å². The molecule has 0 aliphatic heterocycles. The van der Waals surface area contributed by atoms with E-state index < -0.39 is 5.56 Å². The summed E-state index contributed by atoms with van der Waals surface area (Å²) in [7, 11) is 0. The summed E-state index contributed by atoms with van der Waals surface area (Å²) in [6.07, 6.45) is 1.92. The van der Waals surface area contributed by atoms with Gasteiger partial charge in [-0.3, -0.25) is 4.79 Å². The maximum atomic E-state index is 10.7. The molecule has 3 nitrogen and oxygen atoms in total. The highest BCUT2D eigenvalue weighted by atomic mass is 16.3. The third-order valence-electron chi connectivity index (χ3n) is 1.29. The van der Waals surface area contributed by atoms with Crippen LogP contribution in [0.5, 0.6) is 5.75 Å². The average Bonchev–Trinajstić information content (AvgIpc) is 1.95. The molecule has 0 spiro atoms. The van der Waals surface area contributed by atoms with Crippen LogP contribution in [-0.4, -0.2) is 10.1 Å². The number of hydrogen-bond donors (Lipinski definition) is 2. The predicted octanol–water partition coefficient (Wildman–Crippen LogP) is 0.457. The van der Waals surface area contributed by atoms with Gasteiger partial charge in [0.2, 0.25) is 0 Å². The van der Waals surface area contributed by atoms with Crippen LogP contribution in [0.15, 0.2) is 17.1 Å². The smallest absolute Gasteiger partial charge is 0.290 e. The number of aromatic amines is 1. The zero-order chi connectivity index (χ0) is 7.56. The van der Waals surface area contributed by atoms with Crippen molar-refractivity contribution in [2.75, 3.05) is 0 Å². The topological polar surface area (TPSA) is 53.1 Å². The first-order valence-corrected chi connectivity index (χ1v) is 2.94. The van der Waals surface area contributed by atoms with Crippen LogP contribution < -0.4 is 5.56 Å². The highest BCUT2D eigenvalue weighted by molar-refractivity contribution is 5.28. The molecular weight excluding hydrogens is 130 g/mol. The van der Waals surface area contributed by atoms with Gasteiger partial charge in [0.1, 0.15) is 0 Å².